The van der Waals surface area contributed by atoms with Crippen LogP contribution in [-0.4, -0.2) is 25.1 Å². The Morgan fingerprint density at radius 1 is 1.44 bits per heavy atom. The Hall–Kier alpha value is -0.190. The maximum Gasteiger partial charge on any atom is 0.0377 e. The Bertz CT molecular complexity index is 382. The van der Waals surface area contributed by atoms with Gasteiger partial charge in [0, 0.05) is 35.0 Å². The van der Waals surface area contributed by atoms with Gasteiger partial charge in [0.15, 0.2) is 0 Å². The monoisotopic (exact) mass is 330 g/mol. The Morgan fingerprint density at radius 2 is 2.11 bits per heavy atom. The molecular formula is C14H23BrN2S. The molecule has 2 N–H and O–H groups in total. The molecule has 1 rings (SSSR count). The van der Waals surface area contributed by atoms with Crippen LogP contribution in [0.3, 0.4) is 0 Å². The zero-order valence-corrected chi connectivity index (χ0v) is 14.0. The summed E-state index contributed by atoms with van der Waals surface area (Å²) in [6, 6.07) is 7.08. The average Bonchev–Trinajstić information content (AvgIpc) is 2.34. The van der Waals surface area contributed by atoms with Crippen molar-refractivity contribution in [2.75, 3.05) is 24.0 Å². The third-order valence-corrected chi connectivity index (χ3v) is 4.66. The molecule has 1 aromatic carbocycles. The molecule has 1 aromatic rings. The fraction of sp³-hybridized carbons (Fsp3) is 0.571. The van der Waals surface area contributed by atoms with Crippen LogP contribution < -0.4 is 10.6 Å². The fourth-order valence-corrected chi connectivity index (χ4v) is 3.58. The van der Waals surface area contributed by atoms with Crippen molar-refractivity contribution in [2.45, 2.75) is 32.4 Å². The molecule has 1 unspecified atom stereocenters. The second-order valence-electron chi connectivity index (χ2n) is 4.62. The van der Waals surface area contributed by atoms with E-state index in [0.29, 0.717) is 6.04 Å². The van der Waals surface area contributed by atoms with Crippen molar-refractivity contribution in [1.82, 2.24) is 0 Å². The average molecular weight is 331 g/mol. The molecular weight excluding hydrogens is 308 g/mol. The zero-order chi connectivity index (χ0) is 13.7. The van der Waals surface area contributed by atoms with Crippen LogP contribution in [0.25, 0.3) is 0 Å². The molecule has 0 amide bonds. The molecule has 0 saturated heterocycles. The number of nitrogens with two attached hydrogens (primary N) is 1. The van der Waals surface area contributed by atoms with E-state index in [2.05, 4.69) is 59.3 Å². The van der Waals surface area contributed by atoms with Gasteiger partial charge in [0.25, 0.3) is 0 Å². The molecule has 0 spiro atoms. The minimum Gasteiger partial charge on any atom is -0.371 e. The van der Waals surface area contributed by atoms with Gasteiger partial charge in [0.2, 0.25) is 0 Å². The lowest BCUT2D eigenvalue weighted by molar-refractivity contribution is 0.672. The van der Waals surface area contributed by atoms with E-state index in [0.717, 1.165) is 22.2 Å². The first kappa shape index (κ1) is 15.9. The summed E-state index contributed by atoms with van der Waals surface area (Å²) in [4.78, 5) is 2.35. The van der Waals surface area contributed by atoms with Gasteiger partial charge in [0.1, 0.15) is 0 Å². The minimum absolute atomic E-state index is 0.0619. The fourth-order valence-electron chi connectivity index (χ4n) is 2.01. The molecule has 0 bridgehead atoms. The Labute approximate surface area is 123 Å². The normalized spacial score (nSPS) is 14.3. The number of thioether (sulfide) groups is 1. The maximum atomic E-state index is 5.93. The Kier molecular flexibility index (Phi) is 6.53. The molecule has 18 heavy (non-hydrogen) atoms. The summed E-state index contributed by atoms with van der Waals surface area (Å²) >= 11 is 5.51. The van der Waals surface area contributed by atoms with Gasteiger partial charge in [-0.25, -0.2) is 0 Å². The molecule has 0 fully saturated rings. The highest BCUT2D eigenvalue weighted by atomic mass is 79.9. The van der Waals surface area contributed by atoms with Crippen LogP contribution in [-0.2, 0) is 0 Å². The van der Waals surface area contributed by atoms with Crippen LogP contribution in [0.5, 0.6) is 0 Å². The molecule has 2 atom stereocenters. The van der Waals surface area contributed by atoms with Gasteiger partial charge in [-0.1, -0.05) is 28.9 Å². The third kappa shape index (κ3) is 3.90. The largest absolute Gasteiger partial charge is 0.371 e. The van der Waals surface area contributed by atoms with Gasteiger partial charge in [-0.3, -0.25) is 0 Å². The summed E-state index contributed by atoms with van der Waals surface area (Å²) in [5.41, 5.74) is 8.33. The smallest absolute Gasteiger partial charge is 0.0377 e. The number of nitrogens with zero attached hydrogens (tertiary/aromatic N) is 1. The summed E-state index contributed by atoms with van der Waals surface area (Å²) in [5.74, 6) is 1.15. The molecule has 4 heteroatoms. The summed E-state index contributed by atoms with van der Waals surface area (Å²) < 4.78 is 1.10. The topological polar surface area (TPSA) is 29.3 Å². The summed E-state index contributed by atoms with van der Waals surface area (Å²) in [6.07, 6.45) is 3.32. The van der Waals surface area contributed by atoms with Crippen LogP contribution in [0, 0.1) is 0 Å². The van der Waals surface area contributed by atoms with E-state index in [9.17, 15) is 0 Å². The van der Waals surface area contributed by atoms with E-state index in [-0.39, 0.29) is 6.04 Å². The molecule has 0 radical (unpaired) electrons. The Balaban J connectivity index is 2.92. The number of halogens is 1. The highest BCUT2D eigenvalue weighted by Crippen LogP contribution is 2.28. The standard InChI is InChI=1S/C14H23BrN2S/c1-5-11(9-18-4)17(3)12-6-7-13(10(2)16)14(15)8-12/h6-8,10-11H,5,9,16H2,1-4H3/t10-,11?/m1/s1. The van der Waals surface area contributed by atoms with Crippen molar-refractivity contribution in [3.63, 3.8) is 0 Å². The lowest BCUT2D eigenvalue weighted by atomic mass is 10.1. The van der Waals surface area contributed by atoms with Crippen molar-refractivity contribution in [2.24, 2.45) is 5.73 Å². The van der Waals surface area contributed by atoms with Crippen molar-refractivity contribution < 1.29 is 0 Å². The molecule has 0 aromatic heterocycles. The minimum atomic E-state index is 0.0619. The number of hydrogen-bond acceptors (Lipinski definition) is 3. The van der Waals surface area contributed by atoms with Crippen LogP contribution in [0.1, 0.15) is 31.9 Å². The molecule has 0 aliphatic rings. The molecule has 0 aliphatic heterocycles. The lowest BCUT2D eigenvalue weighted by Gasteiger charge is -2.29. The molecule has 2 nitrogen and oxygen atoms in total. The van der Waals surface area contributed by atoms with Crippen molar-refractivity contribution in [3.8, 4) is 0 Å². The van der Waals surface area contributed by atoms with E-state index in [1.165, 1.54) is 5.69 Å². The van der Waals surface area contributed by atoms with E-state index in [1.54, 1.807) is 0 Å². The summed E-state index contributed by atoms with van der Waals surface area (Å²) in [7, 11) is 2.16. The van der Waals surface area contributed by atoms with Crippen molar-refractivity contribution >= 4 is 33.4 Å². The van der Waals surface area contributed by atoms with Crippen molar-refractivity contribution in [1.29, 1.82) is 0 Å². The van der Waals surface area contributed by atoms with Gasteiger partial charge in [0.05, 0.1) is 0 Å². The van der Waals surface area contributed by atoms with Gasteiger partial charge in [-0.05, 0) is 37.3 Å². The van der Waals surface area contributed by atoms with E-state index >= 15 is 0 Å². The van der Waals surface area contributed by atoms with Gasteiger partial charge in [-0.15, -0.1) is 0 Å². The maximum absolute atomic E-state index is 5.93. The molecule has 0 heterocycles. The van der Waals surface area contributed by atoms with Gasteiger partial charge < -0.3 is 10.6 Å². The molecule has 102 valence electrons. The van der Waals surface area contributed by atoms with Gasteiger partial charge >= 0.3 is 0 Å². The quantitative estimate of drug-likeness (QED) is 0.853. The molecule has 0 saturated carbocycles. The predicted octanol–water partition coefficient (Wildman–Crippen LogP) is 4.05. The first-order valence-corrected chi connectivity index (χ1v) is 8.46. The highest BCUT2D eigenvalue weighted by molar-refractivity contribution is 9.10. The van der Waals surface area contributed by atoms with Crippen LogP contribution in [0.4, 0.5) is 5.69 Å². The van der Waals surface area contributed by atoms with Crippen LogP contribution >= 0.6 is 27.7 Å². The number of anilines is 1. The number of benzene rings is 1. The predicted molar refractivity (Wildman–Crippen MR) is 87.6 cm³/mol. The van der Waals surface area contributed by atoms with Crippen molar-refractivity contribution in [3.05, 3.63) is 28.2 Å². The zero-order valence-electron chi connectivity index (χ0n) is 11.6. The lowest BCUT2D eigenvalue weighted by Crippen LogP contribution is -2.33. The van der Waals surface area contributed by atoms with Crippen LogP contribution in [0.2, 0.25) is 0 Å². The summed E-state index contributed by atoms with van der Waals surface area (Å²) in [5, 5.41) is 0. The third-order valence-electron chi connectivity index (χ3n) is 3.26. The van der Waals surface area contributed by atoms with E-state index in [1.807, 2.05) is 18.7 Å². The van der Waals surface area contributed by atoms with E-state index < -0.39 is 0 Å². The summed E-state index contributed by atoms with van der Waals surface area (Å²) in [6.45, 7) is 4.24. The number of rotatable bonds is 6. The van der Waals surface area contributed by atoms with Gasteiger partial charge in [-0.2, -0.15) is 11.8 Å². The first-order valence-electron chi connectivity index (χ1n) is 6.28. The SMILES string of the molecule is CCC(CSC)N(C)c1ccc([C@@H](C)N)c(Br)c1. The molecule has 0 aliphatic carbocycles. The first-order chi connectivity index (χ1) is 8.51. The number of hydrogen-bond donors (Lipinski definition) is 1. The van der Waals surface area contributed by atoms with E-state index in [4.69, 9.17) is 5.73 Å². The highest BCUT2D eigenvalue weighted by Gasteiger charge is 2.14. The van der Waals surface area contributed by atoms with Crippen LogP contribution in [0.15, 0.2) is 22.7 Å². The second-order valence-corrected chi connectivity index (χ2v) is 6.39. The second kappa shape index (κ2) is 7.41. The Morgan fingerprint density at radius 3 is 2.56 bits per heavy atom.